The number of furan rings is 1. The summed E-state index contributed by atoms with van der Waals surface area (Å²) in [5, 5.41) is 0.165. The lowest BCUT2D eigenvalue weighted by atomic mass is 10.2. The fourth-order valence-electron chi connectivity index (χ4n) is 0.898. The molecule has 0 N–H and O–H groups in total. The van der Waals surface area contributed by atoms with Crippen LogP contribution < -0.4 is 0 Å². The van der Waals surface area contributed by atoms with Crippen molar-refractivity contribution < 1.29 is 13.2 Å². The van der Waals surface area contributed by atoms with Crippen molar-refractivity contribution in [3.05, 3.63) is 23.9 Å². The molecule has 1 heterocycles. The Kier molecular flexibility index (Phi) is 3.40. The summed E-state index contributed by atoms with van der Waals surface area (Å²) < 4.78 is 23.5. The molecule has 0 spiro atoms. The van der Waals surface area contributed by atoms with E-state index in [1.807, 2.05) is 0 Å². The van der Waals surface area contributed by atoms with Crippen LogP contribution in [-0.4, -0.2) is 8.32 Å². The van der Waals surface area contributed by atoms with Gasteiger partial charge in [0.2, 0.25) is 0 Å². The molecule has 0 fully saturated rings. The van der Waals surface area contributed by atoms with Crippen molar-refractivity contribution in [1.29, 1.82) is 0 Å². The summed E-state index contributed by atoms with van der Waals surface area (Å²) in [5.41, 5.74) is 0. The van der Waals surface area contributed by atoms with E-state index in [1.54, 1.807) is 0 Å². The van der Waals surface area contributed by atoms with Crippen molar-refractivity contribution in [1.82, 2.24) is 0 Å². The fourth-order valence-corrected chi connectivity index (χ4v) is 1.83. The summed E-state index contributed by atoms with van der Waals surface area (Å²) in [6.45, 7) is 11.2. The maximum atomic E-state index is 12.6. The number of halogens is 1. The quantitative estimate of drug-likeness (QED) is 0.734. The molecule has 4 heteroatoms. The van der Waals surface area contributed by atoms with E-state index in [1.165, 1.54) is 6.07 Å². The molecular formula is C11H19FO2Si. The Bertz CT molecular complexity index is 326. The van der Waals surface area contributed by atoms with E-state index in [0.717, 1.165) is 6.26 Å². The van der Waals surface area contributed by atoms with Crippen LogP contribution in [0.1, 0.15) is 26.5 Å². The molecule has 0 amide bonds. The average Bonchev–Trinajstić information content (AvgIpc) is 2.46. The molecule has 1 rings (SSSR count). The normalized spacial score (nSPS) is 13.2. The summed E-state index contributed by atoms with van der Waals surface area (Å²) >= 11 is 0. The smallest absolute Gasteiger partial charge is 0.192 e. The second-order valence-corrected chi connectivity index (χ2v) is 10.1. The summed E-state index contributed by atoms with van der Waals surface area (Å²) in [6, 6.07) is 1.37. The van der Waals surface area contributed by atoms with Gasteiger partial charge >= 0.3 is 0 Å². The number of hydrogen-bond donors (Lipinski definition) is 0. The van der Waals surface area contributed by atoms with E-state index in [2.05, 4.69) is 33.9 Å². The van der Waals surface area contributed by atoms with Gasteiger partial charge in [0.25, 0.3) is 0 Å². The molecular weight excluding hydrogens is 211 g/mol. The second-order valence-electron chi connectivity index (χ2n) is 5.28. The third kappa shape index (κ3) is 3.17. The SMILES string of the molecule is CC(C)(C)[Si](C)(C)OCc1cc(F)co1. The highest BCUT2D eigenvalue weighted by atomic mass is 28.4. The first-order valence-corrected chi connectivity index (χ1v) is 8.00. The second kappa shape index (κ2) is 4.10. The van der Waals surface area contributed by atoms with Crippen LogP contribution in [0.15, 0.2) is 16.7 Å². The Morgan fingerprint density at radius 3 is 2.40 bits per heavy atom. The molecule has 0 bridgehead atoms. The zero-order valence-electron chi connectivity index (χ0n) is 10.1. The van der Waals surface area contributed by atoms with Crippen LogP contribution in [0, 0.1) is 5.82 Å². The highest BCUT2D eigenvalue weighted by molar-refractivity contribution is 6.74. The monoisotopic (exact) mass is 230 g/mol. The van der Waals surface area contributed by atoms with E-state index >= 15 is 0 Å². The predicted octanol–water partition coefficient (Wildman–Crippen LogP) is 3.94. The molecule has 2 nitrogen and oxygen atoms in total. The van der Waals surface area contributed by atoms with Crippen LogP contribution in [-0.2, 0) is 11.0 Å². The summed E-state index contributed by atoms with van der Waals surface area (Å²) in [5.74, 6) is 0.209. The Hall–Kier alpha value is -0.613. The first-order chi connectivity index (χ1) is 6.72. The van der Waals surface area contributed by atoms with Crippen LogP contribution in [0.5, 0.6) is 0 Å². The maximum Gasteiger partial charge on any atom is 0.192 e. The van der Waals surface area contributed by atoms with Gasteiger partial charge in [-0.05, 0) is 18.1 Å². The van der Waals surface area contributed by atoms with Crippen molar-refractivity contribution in [2.45, 2.75) is 45.5 Å². The average molecular weight is 230 g/mol. The van der Waals surface area contributed by atoms with Crippen LogP contribution >= 0.6 is 0 Å². The summed E-state index contributed by atoms with van der Waals surface area (Å²) in [4.78, 5) is 0. The lowest BCUT2D eigenvalue weighted by Gasteiger charge is -2.35. The third-order valence-electron chi connectivity index (χ3n) is 3.00. The minimum absolute atomic E-state index is 0.165. The van der Waals surface area contributed by atoms with Crippen LogP contribution in [0.3, 0.4) is 0 Å². The minimum Gasteiger partial charge on any atom is -0.464 e. The molecule has 1 aromatic heterocycles. The molecule has 0 saturated carbocycles. The molecule has 0 unspecified atom stereocenters. The highest BCUT2D eigenvalue weighted by Gasteiger charge is 2.37. The van der Waals surface area contributed by atoms with Crippen molar-refractivity contribution in [2.24, 2.45) is 0 Å². The molecule has 0 aromatic carbocycles. The highest BCUT2D eigenvalue weighted by Crippen LogP contribution is 2.37. The molecule has 86 valence electrons. The fraction of sp³-hybridized carbons (Fsp3) is 0.636. The van der Waals surface area contributed by atoms with Gasteiger partial charge in [0, 0.05) is 6.07 Å². The lowest BCUT2D eigenvalue weighted by molar-refractivity contribution is 0.246. The van der Waals surface area contributed by atoms with Crippen LogP contribution in [0.4, 0.5) is 4.39 Å². The topological polar surface area (TPSA) is 22.4 Å². The van der Waals surface area contributed by atoms with Crippen molar-refractivity contribution in [3.63, 3.8) is 0 Å². The molecule has 0 aliphatic heterocycles. The summed E-state index contributed by atoms with van der Waals surface area (Å²) in [7, 11) is -1.76. The zero-order valence-corrected chi connectivity index (χ0v) is 11.1. The van der Waals surface area contributed by atoms with E-state index in [9.17, 15) is 4.39 Å². The Morgan fingerprint density at radius 2 is 2.00 bits per heavy atom. The molecule has 0 radical (unpaired) electrons. The first-order valence-electron chi connectivity index (χ1n) is 5.09. The predicted molar refractivity (Wildman–Crippen MR) is 60.7 cm³/mol. The van der Waals surface area contributed by atoms with Crippen molar-refractivity contribution in [3.8, 4) is 0 Å². The van der Waals surface area contributed by atoms with E-state index in [4.69, 9.17) is 8.84 Å². The van der Waals surface area contributed by atoms with Gasteiger partial charge in [-0.3, -0.25) is 0 Å². The molecule has 0 aliphatic rings. The largest absolute Gasteiger partial charge is 0.464 e. The molecule has 0 saturated heterocycles. The Labute approximate surface area is 91.6 Å². The molecule has 1 aromatic rings. The molecule has 0 aliphatic carbocycles. The van der Waals surface area contributed by atoms with Crippen molar-refractivity contribution in [2.75, 3.05) is 0 Å². The van der Waals surface area contributed by atoms with E-state index in [-0.39, 0.29) is 10.9 Å². The standard InChI is InChI=1S/C11H19FO2Si/c1-11(2,3)15(4,5)14-8-10-6-9(12)7-13-10/h6-7H,8H2,1-5H3. The Morgan fingerprint density at radius 1 is 1.40 bits per heavy atom. The van der Waals surface area contributed by atoms with Crippen molar-refractivity contribution >= 4 is 8.32 Å². The van der Waals surface area contributed by atoms with Gasteiger partial charge in [0.05, 0.1) is 6.61 Å². The molecule has 15 heavy (non-hydrogen) atoms. The third-order valence-corrected chi connectivity index (χ3v) is 7.48. The van der Waals surface area contributed by atoms with Gasteiger partial charge in [-0.1, -0.05) is 20.8 Å². The number of rotatable bonds is 3. The van der Waals surface area contributed by atoms with Gasteiger partial charge in [0.15, 0.2) is 14.1 Å². The lowest BCUT2D eigenvalue weighted by Crippen LogP contribution is -2.40. The van der Waals surface area contributed by atoms with Gasteiger partial charge in [-0.2, -0.15) is 0 Å². The first kappa shape index (κ1) is 12.5. The zero-order chi connectivity index (χ0) is 11.7. The summed E-state index contributed by atoms with van der Waals surface area (Å²) in [6.07, 6.45) is 1.10. The van der Waals surface area contributed by atoms with Gasteiger partial charge in [-0.25, -0.2) is 4.39 Å². The minimum atomic E-state index is -1.76. The Balaban J connectivity index is 2.57. The van der Waals surface area contributed by atoms with Gasteiger partial charge in [-0.15, -0.1) is 0 Å². The van der Waals surface area contributed by atoms with Crippen LogP contribution in [0.25, 0.3) is 0 Å². The van der Waals surface area contributed by atoms with Gasteiger partial charge < -0.3 is 8.84 Å². The van der Waals surface area contributed by atoms with Gasteiger partial charge in [0.1, 0.15) is 12.0 Å². The maximum absolute atomic E-state index is 12.6. The number of hydrogen-bond acceptors (Lipinski definition) is 2. The van der Waals surface area contributed by atoms with Crippen LogP contribution in [0.2, 0.25) is 18.1 Å². The van der Waals surface area contributed by atoms with E-state index < -0.39 is 8.32 Å². The van der Waals surface area contributed by atoms with E-state index in [0.29, 0.717) is 12.4 Å². The molecule has 0 atom stereocenters.